The van der Waals surface area contributed by atoms with E-state index in [1.807, 2.05) is 0 Å². The minimum Gasteiger partial charge on any atom is -0.462 e. The number of allylic oxidation sites excluding steroid dienone is 6. The van der Waals surface area contributed by atoms with Crippen molar-refractivity contribution in [2.24, 2.45) is 0 Å². The predicted octanol–water partition coefficient (Wildman–Crippen LogP) is 22.0. The van der Waals surface area contributed by atoms with E-state index in [1.165, 1.54) is 250 Å². The molecule has 6 nitrogen and oxygen atoms in total. The fraction of sp³-hybridized carbons (Fsp3) is 0.866. The zero-order chi connectivity index (χ0) is 52.9. The van der Waals surface area contributed by atoms with Gasteiger partial charge in [-0.2, -0.15) is 0 Å². The zero-order valence-electron chi connectivity index (χ0n) is 49.2. The molecule has 0 aromatic carbocycles. The fourth-order valence-electron chi connectivity index (χ4n) is 9.67. The van der Waals surface area contributed by atoms with Gasteiger partial charge in [-0.3, -0.25) is 14.4 Å². The van der Waals surface area contributed by atoms with E-state index >= 15 is 0 Å². The highest BCUT2D eigenvalue weighted by molar-refractivity contribution is 5.71. The summed E-state index contributed by atoms with van der Waals surface area (Å²) in [6.07, 6.45) is 75.8. The van der Waals surface area contributed by atoms with Crippen molar-refractivity contribution in [1.29, 1.82) is 0 Å². The smallest absolute Gasteiger partial charge is 0.306 e. The molecule has 0 aromatic heterocycles. The molecule has 0 N–H and O–H groups in total. The first-order valence-corrected chi connectivity index (χ1v) is 32.5. The molecule has 0 aliphatic rings. The van der Waals surface area contributed by atoms with Crippen LogP contribution in [-0.2, 0) is 28.6 Å². The summed E-state index contributed by atoms with van der Waals surface area (Å²) in [5.41, 5.74) is 0. The second-order valence-corrected chi connectivity index (χ2v) is 22.0. The normalized spacial score (nSPS) is 12.2. The van der Waals surface area contributed by atoms with E-state index in [0.717, 1.165) is 64.2 Å². The molecule has 0 aliphatic carbocycles. The van der Waals surface area contributed by atoms with Crippen molar-refractivity contribution in [3.05, 3.63) is 36.5 Å². The first-order chi connectivity index (χ1) is 36.0. The maximum Gasteiger partial charge on any atom is 0.306 e. The summed E-state index contributed by atoms with van der Waals surface area (Å²) in [5, 5.41) is 0. The van der Waals surface area contributed by atoms with Gasteiger partial charge in [-0.15, -0.1) is 0 Å². The minimum absolute atomic E-state index is 0.0739. The Balaban J connectivity index is 4.30. The predicted molar refractivity (Wildman–Crippen MR) is 316 cm³/mol. The lowest BCUT2D eigenvalue weighted by Gasteiger charge is -2.18. The van der Waals surface area contributed by atoms with Gasteiger partial charge in [-0.05, 0) is 96.3 Å². The molecule has 0 fully saturated rings. The molecule has 0 saturated carbocycles. The highest BCUT2D eigenvalue weighted by Gasteiger charge is 2.19. The van der Waals surface area contributed by atoms with E-state index < -0.39 is 6.10 Å². The minimum atomic E-state index is -0.777. The molecule has 0 rings (SSSR count). The van der Waals surface area contributed by atoms with Crippen LogP contribution >= 0.6 is 0 Å². The highest BCUT2D eigenvalue weighted by Crippen LogP contribution is 2.17. The van der Waals surface area contributed by atoms with Gasteiger partial charge in [0.2, 0.25) is 0 Å². The molecule has 73 heavy (non-hydrogen) atoms. The summed E-state index contributed by atoms with van der Waals surface area (Å²) in [7, 11) is 0. The maximum absolute atomic E-state index is 12.9. The molecule has 0 heterocycles. The van der Waals surface area contributed by atoms with Crippen LogP contribution in [0.1, 0.15) is 355 Å². The average Bonchev–Trinajstić information content (AvgIpc) is 3.39. The van der Waals surface area contributed by atoms with Crippen LogP contribution in [0.3, 0.4) is 0 Å². The Hall–Kier alpha value is -2.37. The number of hydrogen-bond donors (Lipinski definition) is 0. The summed E-state index contributed by atoms with van der Waals surface area (Å²) < 4.78 is 16.9. The first kappa shape index (κ1) is 70.6. The van der Waals surface area contributed by atoms with E-state index in [0.29, 0.717) is 19.3 Å². The van der Waals surface area contributed by atoms with Gasteiger partial charge in [0.1, 0.15) is 13.2 Å². The molecule has 6 heteroatoms. The van der Waals surface area contributed by atoms with Crippen molar-refractivity contribution < 1.29 is 28.6 Å². The SMILES string of the molecule is CCCCCCCC/C=C\CCCCCCCCCC(=O)OC(COC(=O)CCCCCCC/C=C\CCCCCCCC)COC(=O)CCCCCCCCCCCCC/C=C\CCCCCCCCCC. The number of carbonyl (C=O) groups is 3. The van der Waals surface area contributed by atoms with Crippen molar-refractivity contribution in [2.75, 3.05) is 13.2 Å². The summed E-state index contributed by atoms with van der Waals surface area (Å²) in [6.45, 7) is 6.67. The van der Waals surface area contributed by atoms with Gasteiger partial charge in [0.15, 0.2) is 6.10 Å². The summed E-state index contributed by atoms with van der Waals surface area (Å²) in [5.74, 6) is -0.866. The quantitative estimate of drug-likeness (QED) is 0.0261. The van der Waals surface area contributed by atoms with Gasteiger partial charge in [0.05, 0.1) is 0 Å². The number of hydrogen-bond acceptors (Lipinski definition) is 6. The highest BCUT2D eigenvalue weighted by atomic mass is 16.6. The fourth-order valence-corrected chi connectivity index (χ4v) is 9.67. The van der Waals surface area contributed by atoms with Crippen LogP contribution in [-0.4, -0.2) is 37.2 Å². The third kappa shape index (κ3) is 60.4. The second-order valence-electron chi connectivity index (χ2n) is 22.0. The number of esters is 3. The van der Waals surface area contributed by atoms with Crippen molar-refractivity contribution in [3.63, 3.8) is 0 Å². The van der Waals surface area contributed by atoms with Gasteiger partial charge in [-0.25, -0.2) is 0 Å². The third-order valence-electron chi connectivity index (χ3n) is 14.6. The summed E-state index contributed by atoms with van der Waals surface area (Å²) >= 11 is 0. The zero-order valence-corrected chi connectivity index (χ0v) is 49.2. The largest absolute Gasteiger partial charge is 0.462 e. The lowest BCUT2D eigenvalue weighted by molar-refractivity contribution is -0.167. The van der Waals surface area contributed by atoms with Crippen LogP contribution in [0.15, 0.2) is 36.5 Å². The van der Waals surface area contributed by atoms with Gasteiger partial charge < -0.3 is 14.2 Å². The molecule has 0 aromatic rings. The van der Waals surface area contributed by atoms with Gasteiger partial charge in [0.25, 0.3) is 0 Å². The van der Waals surface area contributed by atoms with E-state index in [9.17, 15) is 14.4 Å². The molecular formula is C67H124O6. The average molecular weight is 1030 g/mol. The second kappa shape index (κ2) is 62.2. The van der Waals surface area contributed by atoms with E-state index in [4.69, 9.17) is 14.2 Å². The monoisotopic (exact) mass is 1020 g/mol. The van der Waals surface area contributed by atoms with Crippen LogP contribution in [0.2, 0.25) is 0 Å². The summed E-state index contributed by atoms with van der Waals surface area (Å²) in [6, 6.07) is 0. The molecule has 0 saturated heterocycles. The Bertz CT molecular complexity index is 1220. The molecule has 0 aliphatic heterocycles. The Labute approximate surface area is 455 Å². The Morgan fingerprint density at radius 1 is 0.260 bits per heavy atom. The van der Waals surface area contributed by atoms with E-state index in [-0.39, 0.29) is 31.1 Å². The molecular weight excluding hydrogens is 901 g/mol. The van der Waals surface area contributed by atoms with Crippen LogP contribution in [0, 0.1) is 0 Å². The van der Waals surface area contributed by atoms with E-state index in [1.54, 1.807) is 0 Å². The van der Waals surface area contributed by atoms with Crippen LogP contribution < -0.4 is 0 Å². The van der Waals surface area contributed by atoms with Crippen molar-refractivity contribution in [3.8, 4) is 0 Å². The lowest BCUT2D eigenvalue weighted by Crippen LogP contribution is -2.30. The van der Waals surface area contributed by atoms with Crippen molar-refractivity contribution in [1.82, 2.24) is 0 Å². The Morgan fingerprint density at radius 2 is 0.452 bits per heavy atom. The molecule has 0 spiro atoms. The van der Waals surface area contributed by atoms with Crippen LogP contribution in [0.25, 0.3) is 0 Å². The number of rotatable bonds is 60. The van der Waals surface area contributed by atoms with Crippen molar-refractivity contribution in [2.45, 2.75) is 361 Å². The van der Waals surface area contributed by atoms with Gasteiger partial charge in [-0.1, -0.05) is 276 Å². The lowest BCUT2D eigenvalue weighted by atomic mass is 10.0. The standard InChI is InChI=1S/C67H124O6/c1-4-7-10-13-16-19-22-25-28-30-31-32-33-34-35-37-39-42-45-48-51-54-57-60-66(69)72-63-64(62-71-65(68)59-56-53-50-47-44-41-38-27-24-21-18-15-12-9-6-3)73-67(70)61-58-55-52-49-46-43-40-36-29-26-23-20-17-14-11-8-5-2/h26-27,29-31,38,64H,4-25,28,32-37,39-63H2,1-3H3/b29-26-,31-30-,38-27-. The molecule has 1 atom stereocenters. The summed E-state index contributed by atoms with van der Waals surface area (Å²) in [4.78, 5) is 38.3. The van der Waals surface area contributed by atoms with Crippen molar-refractivity contribution >= 4 is 17.9 Å². The molecule has 1 unspecified atom stereocenters. The van der Waals surface area contributed by atoms with Gasteiger partial charge >= 0.3 is 17.9 Å². The Morgan fingerprint density at radius 3 is 0.685 bits per heavy atom. The first-order valence-electron chi connectivity index (χ1n) is 32.5. The molecule has 0 amide bonds. The number of ether oxygens (including phenoxy) is 3. The van der Waals surface area contributed by atoms with Crippen LogP contribution in [0.4, 0.5) is 0 Å². The topological polar surface area (TPSA) is 78.9 Å². The van der Waals surface area contributed by atoms with Crippen LogP contribution in [0.5, 0.6) is 0 Å². The Kier molecular flexibility index (Phi) is 60.2. The van der Waals surface area contributed by atoms with E-state index in [2.05, 4.69) is 57.2 Å². The van der Waals surface area contributed by atoms with Gasteiger partial charge in [0, 0.05) is 19.3 Å². The number of unbranched alkanes of at least 4 members (excludes halogenated alkanes) is 43. The molecule has 0 radical (unpaired) electrons. The maximum atomic E-state index is 12.9. The molecule has 0 bridgehead atoms. The third-order valence-corrected chi connectivity index (χ3v) is 14.6. The number of carbonyl (C=O) groups excluding carboxylic acids is 3. The molecule has 428 valence electrons.